The van der Waals surface area contributed by atoms with Gasteiger partial charge in [0.1, 0.15) is 0 Å². The van der Waals surface area contributed by atoms with Crippen molar-refractivity contribution < 1.29 is 15.0 Å². The molecule has 0 aromatic heterocycles. The Kier molecular flexibility index (Phi) is 50.9. The molecule has 0 saturated heterocycles. The van der Waals surface area contributed by atoms with Crippen LogP contribution in [0.1, 0.15) is 219 Å². The highest BCUT2D eigenvalue weighted by atomic mass is 16.3. The van der Waals surface area contributed by atoms with Crippen LogP contribution in [0.3, 0.4) is 0 Å². The molecule has 0 heterocycles. The minimum atomic E-state index is -0.850. The van der Waals surface area contributed by atoms with Crippen molar-refractivity contribution >= 4 is 5.91 Å². The highest BCUT2D eigenvalue weighted by Crippen LogP contribution is 2.14. The summed E-state index contributed by atoms with van der Waals surface area (Å²) in [5.74, 6) is -0.0791. The summed E-state index contributed by atoms with van der Waals surface area (Å²) in [6.45, 7) is 4.17. The van der Waals surface area contributed by atoms with Gasteiger partial charge in [-0.1, -0.05) is 250 Å². The number of allylic oxidation sites excluding steroid dienone is 21. The quantitative estimate of drug-likeness (QED) is 0.0421. The number of aliphatic hydroxyl groups is 2. The first kappa shape index (κ1) is 60.5. The number of carbonyl (C=O) groups excluding carboxylic acids is 1. The summed E-state index contributed by atoms with van der Waals surface area (Å²) in [4.78, 5) is 12.4. The number of carbonyl (C=O) groups is 1. The molecule has 0 aliphatic carbocycles. The molecule has 0 spiro atoms. The van der Waals surface area contributed by atoms with Crippen LogP contribution in [0, 0.1) is 0 Å². The Bertz CT molecular complexity index is 1320. The maximum Gasteiger partial charge on any atom is 0.220 e. The van der Waals surface area contributed by atoms with E-state index in [0.717, 1.165) is 103 Å². The van der Waals surface area contributed by atoms with Gasteiger partial charge >= 0.3 is 0 Å². The topological polar surface area (TPSA) is 69.6 Å². The van der Waals surface area contributed by atoms with Gasteiger partial charge < -0.3 is 15.5 Å². The maximum atomic E-state index is 12.4. The Morgan fingerprint density at radius 2 is 0.688 bits per heavy atom. The molecule has 0 rings (SSSR count). The average molecular weight is 882 g/mol. The zero-order chi connectivity index (χ0) is 46.3. The maximum absolute atomic E-state index is 12.4. The van der Waals surface area contributed by atoms with E-state index >= 15 is 0 Å². The molecule has 3 N–H and O–H groups in total. The monoisotopic (exact) mass is 882 g/mol. The van der Waals surface area contributed by atoms with Crippen LogP contribution in [0.25, 0.3) is 0 Å². The first-order valence-corrected chi connectivity index (χ1v) is 26.4. The van der Waals surface area contributed by atoms with Crippen LogP contribution in [0.4, 0.5) is 0 Å². The first-order valence-electron chi connectivity index (χ1n) is 26.4. The molecular formula is C60H99NO3. The molecule has 1 amide bonds. The Labute approximate surface area is 396 Å². The Hall–Kier alpha value is -3.47. The Morgan fingerprint density at radius 3 is 1.03 bits per heavy atom. The van der Waals surface area contributed by atoms with Gasteiger partial charge in [0.05, 0.1) is 18.8 Å². The highest BCUT2D eigenvalue weighted by Gasteiger charge is 2.17. The lowest BCUT2D eigenvalue weighted by Gasteiger charge is -2.20. The molecule has 2 atom stereocenters. The van der Waals surface area contributed by atoms with Crippen molar-refractivity contribution in [2.24, 2.45) is 0 Å². The van der Waals surface area contributed by atoms with Gasteiger partial charge in [0.2, 0.25) is 5.91 Å². The van der Waals surface area contributed by atoms with E-state index in [4.69, 9.17) is 0 Å². The van der Waals surface area contributed by atoms with Gasteiger partial charge in [-0.15, -0.1) is 0 Å². The normalized spacial score (nSPS) is 14.0. The van der Waals surface area contributed by atoms with Crippen molar-refractivity contribution in [2.45, 2.75) is 231 Å². The fraction of sp³-hybridized carbons (Fsp3) is 0.617. The summed E-state index contributed by atoms with van der Waals surface area (Å²) in [6.07, 6.45) is 84.4. The van der Waals surface area contributed by atoms with Crippen molar-refractivity contribution in [2.75, 3.05) is 6.61 Å². The molecule has 0 bridgehead atoms. The predicted molar refractivity (Wildman–Crippen MR) is 285 cm³/mol. The van der Waals surface area contributed by atoms with Gasteiger partial charge in [0.25, 0.3) is 0 Å². The average Bonchev–Trinajstić information content (AvgIpc) is 3.30. The molecule has 0 aliphatic heterocycles. The van der Waals surface area contributed by atoms with Crippen LogP contribution in [0.5, 0.6) is 0 Å². The summed E-state index contributed by atoms with van der Waals surface area (Å²) in [7, 11) is 0. The van der Waals surface area contributed by atoms with Gasteiger partial charge in [-0.25, -0.2) is 0 Å². The zero-order valence-electron chi connectivity index (χ0n) is 41.5. The van der Waals surface area contributed by atoms with E-state index in [1.807, 2.05) is 6.08 Å². The SMILES string of the molecule is CC/C=C\C/C=C\C/C=C\C/C=C\C/C=C\C/C=C\C/C=C\C/C=C\C/C=C\C/C=C\CCCCCCCCCCC(=O)NC(CO)C(O)/C=C/CCCCCCCCCCCCC. The summed E-state index contributed by atoms with van der Waals surface area (Å²) in [5, 5.41) is 23.0. The molecule has 0 aromatic rings. The van der Waals surface area contributed by atoms with E-state index in [0.29, 0.717) is 6.42 Å². The molecule has 0 aromatic carbocycles. The summed E-state index contributed by atoms with van der Waals surface area (Å²) < 4.78 is 0. The van der Waals surface area contributed by atoms with Gasteiger partial charge in [-0.05, 0) is 96.3 Å². The first-order chi connectivity index (χ1) is 31.7. The van der Waals surface area contributed by atoms with Crippen LogP contribution >= 0.6 is 0 Å². The van der Waals surface area contributed by atoms with Gasteiger partial charge in [-0.2, -0.15) is 0 Å². The number of hydrogen-bond acceptors (Lipinski definition) is 3. The smallest absolute Gasteiger partial charge is 0.220 e. The van der Waals surface area contributed by atoms with Crippen LogP contribution in [-0.2, 0) is 4.79 Å². The lowest BCUT2D eigenvalue weighted by Crippen LogP contribution is -2.45. The van der Waals surface area contributed by atoms with Crippen molar-refractivity contribution in [1.82, 2.24) is 5.32 Å². The van der Waals surface area contributed by atoms with E-state index in [2.05, 4.69) is 141 Å². The van der Waals surface area contributed by atoms with E-state index in [9.17, 15) is 15.0 Å². The highest BCUT2D eigenvalue weighted by molar-refractivity contribution is 5.76. The molecule has 64 heavy (non-hydrogen) atoms. The molecule has 0 radical (unpaired) electrons. The predicted octanol–water partition coefficient (Wildman–Crippen LogP) is 17.5. The fourth-order valence-corrected chi connectivity index (χ4v) is 7.15. The number of unbranched alkanes of at least 4 members (excludes halogenated alkanes) is 19. The lowest BCUT2D eigenvalue weighted by molar-refractivity contribution is -0.123. The molecule has 2 unspecified atom stereocenters. The second kappa shape index (κ2) is 53.9. The zero-order valence-corrected chi connectivity index (χ0v) is 41.5. The Morgan fingerprint density at radius 1 is 0.391 bits per heavy atom. The lowest BCUT2D eigenvalue weighted by atomic mass is 10.0. The molecule has 0 saturated carbocycles. The van der Waals surface area contributed by atoms with Crippen molar-refractivity contribution in [3.05, 3.63) is 134 Å². The van der Waals surface area contributed by atoms with Gasteiger partial charge in [0, 0.05) is 6.42 Å². The minimum Gasteiger partial charge on any atom is -0.394 e. The van der Waals surface area contributed by atoms with E-state index < -0.39 is 12.1 Å². The van der Waals surface area contributed by atoms with Gasteiger partial charge in [0.15, 0.2) is 0 Å². The minimum absolute atomic E-state index is 0.0791. The number of amides is 1. The Balaban J connectivity index is 3.65. The van der Waals surface area contributed by atoms with E-state index in [-0.39, 0.29) is 12.5 Å². The third-order valence-corrected chi connectivity index (χ3v) is 11.1. The third-order valence-electron chi connectivity index (χ3n) is 11.1. The van der Waals surface area contributed by atoms with E-state index in [1.165, 1.54) is 96.3 Å². The largest absolute Gasteiger partial charge is 0.394 e. The van der Waals surface area contributed by atoms with Crippen LogP contribution < -0.4 is 5.32 Å². The van der Waals surface area contributed by atoms with Crippen LogP contribution in [-0.4, -0.2) is 34.9 Å². The molecule has 0 aliphatic rings. The number of rotatable bonds is 46. The van der Waals surface area contributed by atoms with Crippen molar-refractivity contribution in [3.63, 3.8) is 0 Å². The second-order valence-corrected chi connectivity index (χ2v) is 17.2. The van der Waals surface area contributed by atoms with Crippen LogP contribution in [0.15, 0.2) is 134 Å². The molecule has 362 valence electrons. The van der Waals surface area contributed by atoms with Crippen LogP contribution in [0.2, 0.25) is 0 Å². The van der Waals surface area contributed by atoms with Crippen molar-refractivity contribution in [3.8, 4) is 0 Å². The second-order valence-electron chi connectivity index (χ2n) is 17.2. The van der Waals surface area contributed by atoms with E-state index in [1.54, 1.807) is 6.08 Å². The summed E-state index contributed by atoms with van der Waals surface area (Å²) in [6, 6.07) is -0.635. The summed E-state index contributed by atoms with van der Waals surface area (Å²) >= 11 is 0. The molecule has 4 heteroatoms. The fourth-order valence-electron chi connectivity index (χ4n) is 7.15. The number of aliphatic hydroxyl groups excluding tert-OH is 2. The molecule has 4 nitrogen and oxygen atoms in total. The molecular weight excluding hydrogens is 783 g/mol. The van der Waals surface area contributed by atoms with Gasteiger partial charge in [-0.3, -0.25) is 4.79 Å². The standard InChI is InChI=1S/C60H99NO3/c1-3-5-7-9-11-13-15-17-18-19-20-21-22-23-24-25-26-27-28-29-30-31-32-33-34-35-36-37-38-39-40-41-42-44-46-48-50-52-54-56-60(64)61-58(57-62)59(63)55-53-51-49-47-45-43-16-14-12-10-8-6-4-2/h5,7,11,13,17-18,20-21,23-24,26-27,29-30,32-33,35-36,38-39,53,55,58-59,62-63H,3-4,6,8-10,12,14-16,19,22,25,28,31,34,37,40-52,54,56-57H2,1-2H3,(H,61,64)/b7-5-,13-11-,18-17-,21-20-,24-23-,27-26-,30-29-,33-32-,36-35-,39-38-,55-53+. The number of nitrogens with one attached hydrogen (secondary N) is 1. The molecule has 0 fully saturated rings. The number of hydrogen-bond donors (Lipinski definition) is 3. The summed E-state index contributed by atoms with van der Waals surface area (Å²) in [5.41, 5.74) is 0. The van der Waals surface area contributed by atoms with Crippen molar-refractivity contribution in [1.29, 1.82) is 0 Å². The third kappa shape index (κ3) is 49.5.